The first-order chi connectivity index (χ1) is 17.4. The second kappa shape index (κ2) is 11.4. The SMILES string of the molecule is CCCc1ccc(-c2ccc(CCc3ccc(-c4ccc(OCC)c(F)c4F)cc3)c(F)c2F)cc1. The number of aryl methyl sites for hydroxylation is 3. The van der Waals surface area contributed by atoms with Crippen LogP contribution in [0.3, 0.4) is 0 Å². The Morgan fingerprint density at radius 2 is 1.06 bits per heavy atom. The highest BCUT2D eigenvalue weighted by Crippen LogP contribution is 2.31. The third-order valence-electron chi connectivity index (χ3n) is 6.26. The predicted molar refractivity (Wildman–Crippen MR) is 136 cm³/mol. The zero-order valence-corrected chi connectivity index (χ0v) is 20.4. The Labute approximate surface area is 209 Å². The number of ether oxygens (including phenoxy) is 1. The lowest BCUT2D eigenvalue weighted by molar-refractivity contribution is 0.314. The van der Waals surface area contributed by atoms with Crippen molar-refractivity contribution in [2.45, 2.75) is 39.5 Å². The molecule has 4 aromatic rings. The van der Waals surface area contributed by atoms with E-state index >= 15 is 0 Å². The molecule has 0 saturated heterocycles. The number of hydrogen-bond acceptors (Lipinski definition) is 1. The van der Waals surface area contributed by atoms with Crippen molar-refractivity contribution in [2.24, 2.45) is 0 Å². The summed E-state index contributed by atoms with van der Waals surface area (Å²) in [5.41, 5.74) is 3.88. The molecule has 0 aromatic heterocycles. The van der Waals surface area contributed by atoms with E-state index < -0.39 is 23.3 Å². The van der Waals surface area contributed by atoms with Crippen LogP contribution < -0.4 is 4.74 Å². The van der Waals surface area contributed by atoms with Gasteiger partial charge in [0.1, 0.15) is 0 Å². The molecule has 0 aliphatic heterocycles. The van der Waals surface area contributed by atoms with Gasteiger partial charge in [0, 0.05) is 11.1 Å². The molecular formula is C31H28F4O. The maximum absolute atomic E-state index is 14.9. The standard InChI is InChI=1S/C31H28F4O/c1-3-5-20-6-11-22(12-7-20)25-17-16-24(28(32)29(25)33)15-10-21-8-13-23(14-9-21)26-18-19-27(36-4-2)31(35)30(26)34/h6-9,11-14,16-19H,3-5,10,15H2,1-2H3. The zero-order chi connectivity index (χ0) is 25.7. The molecule has 4 aromatic carbocycles. The maximum atomic E-state index is 14.9. The van der Waals surface area contributed by atoms with Gasteiger partial charge in [-0.05, 0) is 66.1 Å². The van der Waals surface area contributed by atoms with E-state index in [1.807, 2.05) is 24.3 Å². The normalized spacial score (nSPS) is 11.1. The van der Waals surface area contributed by atoms with Crippen molar-refractivity contribution in [3.63, 3.8) is 0 Å². The van der Waals surface area contributed by atoms with E-state index in [1.54, 1.807) is 43.3 Å². The van der Waals surface area contributed by atoms with Crippen LogP contribution >= 0.6 is 0 Å². The summed E-state index contributed by atoms with van der Waals surface area (Å²) in [5, 5.41) is 0. The summed E-state index contributed by atoms with van der Waals surface area (Å²) in [7, 11) is 0. The van der Waals surface area contributed by atoms with Crippen LogP contribution in [0.5, 0.6) is 5.75 Å². The topological polar surface area (TPSA) is 9.23 Å². The molecule has 0 unspecified atom stereocenters. The van der Waals surface area contributed by atoms with Crippen molar-refractivity contribution in [3.05, 3.63) is 113 Å². The van der Waals surface area contributed by atoms with Crippen LogP contribution in [0, 0.1) is 23.3 Å². The Morgan fingerprint density at radius 1 is 0.528 bits per heavy atom. The Morgan fingerprint density at radius 3 is 1.61 bits per heavy atom. The summed E-state index contributed by atoms with van der Waals surface area (Å²) in [4.78, 5) is 0. The summed E-state index contributed by atoms with van der Waals surface area (Å²) in [6, 6.07) is 20.6. The lowest BCUT2D eigenvalue weighted by atomic mass is 9.97. The van der Waals surface area contributed by atoms with Crippen molar-refractivity contribution in [1.29, 1.82) is 0 Å². The minimum Gasteiger partial charge on any atom is -0.491 e. The molecule has 0 fully saturated rings. The largest absolute Gasteiger partial charge is 0.491 e. The summed E-state index contributed by atoms with van der Waals surface area (Å²) >= 11 is 0. The van der Waals surface area contributed by atoms with Gasteiger partial charge in [0.15, 0.2) is 23.2 Å². The summed E-state index contributed by atoms with van der Waals surface area (Å²) in [6.45, 7) is 4.03. The van der Waals surface area contributed by atoms with Gasteiger partial charge in [-0.25, -0.2) is 13.2 Å². The van der Waals surface area contributed by atoms with E-state index in [1.165, 1.54) is 17.7 Å². The van der Waals surface area contributed by atoms with Crippen molar-refractivity contribution >= 4 is 0 Å². The number of rotatable bonds is 9. The molecule has 5 heteroatoms. The second-order valence-corrected chi connectivity index (χ2v) is 8.72. The third-order valence-corrected chi connectivity index (χ3v) is 6.26. The molecule has 186 valence electrons. The third kappa shape index (κ3) is 5.46. The average molecular weight is 493 g/mol. The van der Waals surface area contributed by atoms with E-state index in [-0.39, 0.29) is 23.5 Å². The van der Waals surface area contributed by atoms with Gasteiger partial charge in [0.25, 0.3) is 0 Å². The molecular weight excluding hydrogens is 464 g/mol. The molecule has 0 radical (unpaired) electrons. The number of hydrogen-bond donors (Lipinski definition) is 0. The highest BCUT2D eigenvalue weighted by molar-refractivity contribution is 5.66. The van der Waals surface area contributed by atoms with Gasteiger partial charge in [-0.2, -0.15) is 4.39 Å². The Bertz CT molecular complexity index is 1330. The molecule has 0 atom stereocenters. The van der Waals surface area contributed by atoms with Crippen molar-refractivity contribution in [3.8, 4) is 28.0 Å². The fourth-order valence-electron chi connectivity index (χ4n) is 4.30. The van der Waals surface area contributed by atoms with Gasteiger partial charge in [0.05, 0.1) is 6.61 Å². The molecule has 1 nitrogen and oxygen atoms in total. The van der Waals surface area contributed by atoms with Crippen molar-refractivity contribution in [2.75, 3.05) is 6.61 Å². The molecule has 0 bridgehead atoms. The predicted octanol–water partition coefficient (Wildman–Crippen LogP) is 8.71. The van der Waals surface area contributed by atoms with Gasteiger partial charge >= 0.3 is 0 Å². The Hall–Kier alpha value is -3.60. The van der Waals surface area contributed by atoms with Crippen molar-refractivity contribution in [1.82, 2.24) is 0 Å². The molecule has 0 spiro atoms. The minimum atomic E-state index is -1.02. The van der Waals surface area contributed by atoms with Gasteiger partial charge in [0.2, 0.25) is 5.82 Å². The highest BCUT2D eigenvalue weighted by Gasteiger charge is 2.17. The van der Waals surface area contributed by atoms with E-state index in [4.69, 9.17) is 4.74 Å². The Kier molecular flexibility index (Phi) is 8.09. The van der Waals surface area contributed by atoms with Gasteiger partial charge < -0.3 is 4.74 Å². The van der Waals surface area contributed by atoms with Crippen LogP contribution in [0.25, 0.3) is 22.3 Å². The summed E-state index contributed by atoms with van der Waals surface area (Å²) in [5.74, 6) is -3.79. The molecule has 0 amide bonds. The van der Waals surface area contributed by atoms with Crippen LogP contribution in [0.2, 0.25) is 0 Å². The van der Waals surface area contributed by atoms with Crippen LogP contribution in [0.4, 0.5) is 17.6 Å². The van der Waals surface area contributed by atoms with Crippen LogP contribution in [-0.4, -0.2) is 6.61 Å². The van der Waals surface area contributed by atoms with E-state index in [0.717, 1.165) is 18.4 Å². The first kappa shape index (κ1) is 25.5. The minimum absolute atomic E-state index is 0.121. The quantitative estimate of drug-likeness (QED) is 0.212. The molecule has 0 aliphatic carbocycles. The van der Waals surface area contributed by atoms with Gasteiger partial charge in [-0.15, -0.1) is 0 Å². The first-order valence-corrected chi connectivity index (χ1v) is 12.2. The second-order valence-electron chi connectivity index (χ2n) is 8.72. The molecule has 0 N–H and O–H groups in total. The fraction of sp³-hybridized carbons (Fsp3) is 0.226. The molecule has 0 heterocycles. The summed E-state index contributed by atoms with van der Waals surface area (Å²) < 4.78 is 63.5. The lowest BCUT2D eigenvalue weighted by Gasteiger charge is -2.11. The molecule has 4 rings (SSSR count). The average Bonchev–Trinajstić information content (AvgIpc) is 2.89. The first-order valence-electron chi connectivity index (χ1n) is 12.2. The van der Waals surface area contributed by atoms with E-state index in [0.29, 0.717) is 29.5 Å². The van der Waals surface area contributed by atoms with Crippen LogP contribution in [0.15, 0.2) is 72.8 Å². The van der Waals surface area contributed by atoms with Gasteiger partial charge in [-0.1, -0.05) is 74.0 Å². The monoisotopic (exact) mass is 492 g/mol. The molecule has 0 aliphatic rings. The van der Waals surface area contributed by atoms with Crippen molar-refractivity contribution < 1.29 is 22.3 Å². The lowest BCUT2D eigenvalue weighted by Crippen LogP contribution is -2.00. The summed E-state index contributed by atoms with van der Waals surface area (Å²) in [6.07, 6.45) is 2.76. The number of halogens is 4. The smallest absolute Gasteiger partial charge is 0.201 e. The molecule has 36 heavy (non-hydrogen) atoms. The van der Waals surface area contributed by atoms with Gasteiger partial charge in [-0.3, -0.25) is 0 Å². The van der Waals surface area contributed by atoms with Crippen LogP contribution in [-0.2, 0) is 19.3 Å². The van der Waals surface area contributed by atoms with Crippen LogP contribution in [0.1, 0.15) is 37.0 Å². The van der Waals surface area contributed by atoms with E-state index in [9.17, 15) is 17.6 Å². The Balaban J connectivity index is 1.46. The van der Waals surface area contributed by atoms with E-state index in [2.05, 4.69) is 6.92 Å². The highest BCUT2D eigenvalue weighted by atomic mass is 19.2. The zero-order valence-electron chi connectivity index (χ0n) is 20.4. The maximum Gasteiger partial charge on any atom is 0.201 e. The number of benzene rings is 4. The fourth-order valence-corrected chi connectivity index (χ4v) is 4.30. The molecule has 0 saturated carbocycles.